The Morgan fingerprint density at radius 1 is 1.26 bits per heavy atom. The van der Waals surface area contributed by atoms with E-state index in [1.165, 1.54) is 5.69 Å². The molecule has 3 rings (SSSR count). The molecule has 1 aliphatic rings. The molecule has 0 bridgehead atoms. The van der Waals surface area contributed by atoms with Gasteiger partial charge in [-0.15, -0.1) is 24.0 Å². The molecule has 0 aliphatic carbocycles. The molecule has 1 aliphatic heterocycles. The second kappa shape index (κ2) is 12.6. The minimum Gasteiger partial charge on any atom is -0.497 e. The van der Waals surface area contributed by atoms with Crippen molar-refractivity contribution in [3.8, 4) is 5.75 Å². The van der Waals surface area contributed by atoms with Crippen LogP contribution in [0.25, 0.3) is 0 Å². The number of anilines is 2. The lowest BCUT2D eigenvalue weighted by Gasteiger charge is -2.35. The van der Waals surface area contributed by atoms with Gasteiger partial charge in [-0.25, -0.2) is 9.98 Å². The molecule has 1 aromatic heterocycles. The number of halogens is 1. The summed E-state index contributed by atoms with van der Waals surface area (Å²) in [6.45, 7) is 5.45. The predicted molar refractivity (Wildman–Crippen MR) is 140 cm³/mol. The molecule has 1 aromatic carbocycles. The Kier molecular flexibility index (Phi) is 10.2. The average Bonchev–Trinajstić information content (AvgIpc) is 2.78. The normalized spacial score (nSPS) is 16.3. The summed E-state index contributed by atoms with van der Waals surface area (Å²) in [7, 11) is 5.71. The first-order chi connectivity index (χ1) is 14.6. The minimum absolute atomic E-state index is 0. The Morgan fingerprint density at radius 3 is 2.81 bits per heavy atom. The summed E-state index contributed by atoms with van der Waals surface area (Å²) in [6.07, 6.45) is 2.26. The number of guanidine groups is 1. The highest BCUT2D eigenvalue weighted by atomic mass is 127. The van der Waals surface area contributed by atoms with Crippen LogP contribution < -0.4 is 25.2 Å². The Bertz CT molecular complexity index is 844. The molecule has 0 radical (unpaired) electrons. The maximum absolute atomic E-state index is 5.39. The standard InChI is InChI=1S/C23H34N6O.HI/c1-5-24-23(25-16-18-9-6-13-22(26-18)28(2)3)27-19-10-8-14-29(17-19)20-11-7-12-21(15-20)30-4;/h6-7,9,11-13,15,19H,5,8,10,14,16-17H2,1-4H3,(H2,24,25,27);1H. The summed E-state index contributed by atoms with van der Waals surface area (Å²) in [4.78, 5) is 13.9. The highest BCUT2D eigenvalue weighted by Gasteiger charge is 2.21. The maximum Gasteiger partial charge on any atom is 0.191 e. The fourth-order valence-electron chi connectivity index (χ4n) is 3.61. The SMILES string of the molecule is CCNC(=NCc1cccc(N(C)C)n1)NC1CCCN(c2cccc(OC)c2)C1.I. The molecule has 2 N–H and O–H groups in total. The van der Waals surface area contributed by atoms with E-state index in [9.17, 15) is 0 Å². The molecule has 0 spiro atoms. The third-order valence-corrected chi connectivity index (χ3v) is 5.17. The van der Waals surface area contributed by atoms with E-state index in [-0.39, 0.29) is 24.0 Å². The molecule has 1 atom stereocenters. The molecule has 2 heterocycles. The van der Waals surface area contributed by atoms with Crippen LogP contribution in [0, 0.1) is 0 Å². The lowest BCUT2D eigenvalue weighted by molar-refractivity contribution is 0.414. The van der Waals surface area contributed by atoms with Crippen LogP contribution >= 0.6 is 24.0 Å². The number of methoxy groups -OCH3 is 1. The number of nitrogens with one attached hydrogen (secondary N) is 2. The van der Waals surface area contributed by atoms with E-state index in [0.717, 1.165) is 55.7 Å². The topological polar surface area (TPSA) is 65.0 Å². The van der Waals surface area contributed by atoms with Crippen molar-refractivity contribution in [2.75, 3.05) is 50.6 Å². The number of pyridine rings is 1. The van der Waals surface area contributed by atoms with Crippen LogP contribution in [0.15, 0.2) is 47.5 Å². The van der Waals surface area contributed by atoms with Crippen molar-refractivity contribution in [1.82, 2.24) is 15.6 Å². The average molecular weight is 538 g/mol. The van der Waals surface area contributed by atoms with Crippen LogP contribution in [-0.2, 0) is 6.54 Å². The van der Waals surface area contributed by atoms with Crippen LogP contribution in [0.1, 0.15) is 25.5 Å². The van der Waals surface area contributed by atoms with Crippen LogP contribution in [0.2, 0.25) is 0 Å². The van der Waals surface area contributed by atoms with Crippen LogP contribution in [0.3, 0.4) is 0 Å². The molecule has 2 aromatic rings. The van der Waals surface area contributed by atoms with Crippen molar-refractivity contribution in [1.29, 1.82) is 0 Å². The van der Waals surface area contributed by atoms with Gasteiger partial charge in [0.15, 0.2) is 5.96 Å². The molecule has 1 unspecified atom stereocenters. The quantitative estimate of drug-likeness (QED) is 0.320. The van der Waals surface area contributed by atoms with Crippen LogP contribution in [0.5, 0.6) is 5.75 Å². The van der Waals surface area contributed by atoms with Crippen molar-refractivity contribution in [2.24, 2.45) is 4.99 Å². The number of nitrogens with zero attached hydrogens (tertiary/aromatic N) is 4. The number of rotatable bonds is 7. The van der Waals surface area contributed by atoms with Gasteiger partial charge in [0, 0.05) is 51.5 Å². The van der Waals surface area contributed by atoms with Gasteiger partial charge >= 0.3 is 0 Å². The fraction of sp³-hybridized carbons (Fsp3) is 0.478. The van der Waals surface area contributed by atoms with Gasteiger partial charge in [-0.2, -0.15) is 0 Å². The van der Waals surface area contributed by atoms with Crippen LogP contribution in [-0.4, -0.2) is 57.8 Å². The first kappa shape index (κ1) is 25.0. The molecule has 7 nitrogen and oxygen atoms in total. The van der Waals surface area contributed by atoms with Crippen molar-refractivity contribution in [3.63, 3.8) is 0 Å². The molecule has 170 valence electrons. The van der Waals surface area contributed by atoms with E-state index in [1.54, 1.807) is 7.11 Å². The van der Waals surface area contributed by atoms with Crippen molar-refractivity contribution < 1.29 is 4.74 Å². The summed E-state index contributed by atoms with van der Waals surface area (Å²) in [5.41, 5.74) is 2.16. The molecule has 1 saturated heterocycles. The van der Waals surface area contributed by atoms with Crippen molar-refractivity contribution >= 4 is 41.4 Å². The lowest BCUT2D eigenvalue weighted by atomic mass is 10.0. The molecule has 1 fully saturated rings. The zero-order valence-electron chi connectivity index (χ0n) is 19.0. The number of hydrogen-bond donors (Lipinski definition) is 2. The lowest BCUT2D eigenvalue weighted by Crippen LogP contribution is -2.51. The van der Waals surface area contributed by atoms with E-state index in [0.29, 0.717) is 12.6 Å². The smallest absolute Gasteiger partial charge is 0.191 e. The van der Waals surface area contributed by atoms with Crippen molar-refractivity contribution in [3.05, 3.63) is 48.2 Å². The highest BCUT2D eigenvalue weighted by molar-refractivity contribution is 14.0. The second-order valence-electron chi connectivity index (χ2n) is 7.71. The third kappa shape index (κ3) is 7.45. The van der Waals surface area contributed by atoms with Gasteiger partial charge < -0.3 is 25.2 Å². The van der Waals surface area contributed by atoms with Crippen LogP contribution in [0.4, 0.5) is 11.5 Å². The monoisotopic (exact) mass is 538 g/mol. The van der Waals surface area contributed by atoms with Gasteiger partial charge in [0.2, 0.25) is 0 Å². The Hall–Kier alpha value is -2.23. The number of hydrogen-bond acceptors (Lipinski definition) is 5. The summed E-state index contributed by atoms with van der Waals surface area (Å²) >= 11 is 0. The first-order valence-electron chi connectivity index (χ1n) is 10.7. The largest absolute Gasteiger partial charge is 0.497 e. The summed E-state index contributed by atoms with van der Waals surface area (Å²) in [5, 5.41) is 6.99. The number of benzene rings is 1. The van der Waals surface area contributed by atoms with Gasteiger partial charge in [0.25, 0.3) is 0 Å². The van der Waals surface area contributed by atoms with Gasteiger partial charge in [-0.3, -0.25) is 0 Å². The number of aliphatic imine (C=N–C) groups is 1. The van der Waals surface area contributed by atoms with E-state index >= 15 is 0 Å². The van der Waals surface area contributed by atoms with Gasteiger partial charge in [-0.1, -0.05) is 12.1 Å². The zero-order valence-corrected chi connectivity index (χ0v) is 21.3. The van der Waals surface area contributed by atoms with E-state index in [2.05, 4.69) is 39.6 Å². The number of ether oxygens (including phenoxy) is 1. The molecular weight excluding hydrogens is 503 g/mol. The van der Waals surface area contributed by atoms with Gasteiger partial charge in [-0.05, 0) is 44.0 Å². The van der Waals surface area contributed by atoms with Gasteiger partial charge in [0.1, 0.15) is 11.6 Å². The third-order valence-electron chi connectivity index (χ3n) is 5.17. The fourth-order valence-corrected chi connectivity index (χ4v) is 3.61. The Morgan fingerprint density at radius 2 is 2.06 bits per heavy atom. The minimum atomic E-state index is 0. The van der Waals surface area contributed by atoms with Gasteiger partial charge in [0.05, 0.1) is 19.3 Å². The predicted octanol–water partition coefficient (Wildman–Crippen LogP) is 3.50. The summed E-state index contributed by atoms with van der Waals surface area (Å²) < 4.78 is 5.39. The second-order valence-corrected chi connectivity index (χ2v) is 7.71. The summed E-state index contributed by atoms with van der Waals surface area (Å²) in [6, 6.07) is 14.7. The Balaban J connectivity index is 0.00000341. The van der Waals surface area contributed by atoms with E-state index in [1.807, 2.05) is 49.3 Å². The highest BCUT2D eigenvalue weighted by Crippen LogP contribution is 2.24. The number of piperidine rings is 1. The maximum atomic E-state index is 5.39. The Labute approximate surface area is 203 Å². The molecule has 8 heteroatoms. The first-order valence-corrected chi connectivity index (χ1v) is 10.7. The molecule has 31 heavy (non-hydrogen) atoms. The molecule has 0 amide bonds. The summed E-state index contributed by atoms with van der Waals surface area (Å²) in [5.74, 6) is 2.68. The van der Waals surface area contributed by atoms with E-state index < -0.39 is 0 Å². The molecule has 0 saturated carbocycles. The zero-order chi connectivity index (χ0) is 21.3. The van der Waals surface area contributed by atoms with Crippen molar-refractivity contribution in [2.45, 2.75) is 32.4 Å². The number of aromatic nitrogens is 1. The molecular formula is C23H35IN6O. The van der Waals surface area contributed by atoms with E-state index in [4.69, 9.17) is 9.73 Å².